The molecule has 3 aromatic rings. The number of rotatable bonds is 10. The number of ether oxygens (including phenoxy) is 1. The van der Waals surface area contributed by atoms with Gasteiger partial charge in [-0.1, -0.05) is 42.5 Å². The van der Waals surface area contributed by atoms with Crippen molar-refractivity contribution in [2.45, 2.75) is 30.9 Å². The Bertz CT molecular complexity index is 1270. The minimum Gasteiger partial charge on any atom is -0.497 e. The van der Waals surface area contributed by atoms with E-state index in [0.29, 0.717) is 18.2 Å². The predicted octanol–water partition coefficient (Wildman–Crippen LogP) is 4.12. The minimum atomic E-state index is -3.58. The van der Waals surface area contributed by atoms with Gasteiger partial charge in [-0.3, -0.25) is 9.99 Å². The molecule has 1 aliphatic carbocycles. The average Bonchev–Trinajstić information content (AvgIpc) is 3.64. The Morgan fingerprint density at radius 3 is 2.46 bits per heavy atom. The summed E-state index contributed by atoms with van der Waals surface area (Å²) in [5.74, 6) is 1.41. The number of nitrogens with zero attached hydrogens (tertiary/aromatic N) is 3. The van der Waals surface area contributed by atoms with Crippen molar-refractivity contribution in [2.75, 3.05) is 20.3 Å². The van der Waals surface area contributed by atoms with Gasteiger partial charge in [-0.15, -0.1) is 4.83 Å². The Labute approximate surface area is 207 Å². The van der Waals surface area contributed by atoms with E-state index in [9.17, 15) is 8.42 Å². The molecule has 1 saturated carbocycles. The van der Waals surface area contributed by atoms with Gasteiger partial charge in [0.2, 0.25) is 10.0 Å². The highest BCUT2D eigenvalue weighted by atomic mass is 32.2. The Balaban J connectivity index is 1.32. The van der Waals surface area contributed by atoms with Crippen molar-refractivity contribution in [2.24, 2.45) is 0 Å². The van der Waals surface area contributed by atoms with E-state index in [-0.39, 0.29) is 5.75 Å². The lowest BCUT2D eigenvalue weighted by atomic mass is 10.1. The molecular weight excluding hydrogens is 460 g/mol. The third-order valence-electron chi connectivity index (χ3n) is 6.36. The normalized spacial score (nSPS) is 15.9. The summed E-state index contributed by atoms with van der Waals surface area (Å²) in [6.07, 6.45) is 8.46. The van der Waals surface area contributed by atoms with Crippen LogP contribution < -0.4 is 9.57 Å². The standard InChI is InChI=1S/C27H30N4O3S/c1-34-26-12-4-21(5-13-26)14-16-30-20-31(29-35(32,33)19-22-3-2-15-28-17-22)18-27(30)25-10-8-24(9-11-25)23-6-7-23/h2-5,8-13,15,17-18,23,29H,6-7,14,16,19-20H2,1H3. The quantitative estimate of drug-likeness (QED) is 0.461. The van der Waals surface area contributed by atoms with Crippen molar-refractivity contribution in [1.82, 2.24) is 19.7 Å². The molecule has 0 radical (unpaired) electrons. The van der Waals surface area contributed by atoms with Crippen LogP contribution in [0.25, 0.3) is 5.70 Å². The van der Waals surface area contributed by atoms with E-state index in [4.69, 9.17) is 4.74 Å². The summed E-state index contributed by atoms with van der Waals surface area (Å²) in [5, 5.41) is 1.66. The number of pyridine rings is 1. The highest BCUT2D eigenvalue weighted by molar-refractivity contribution is 7.88. The van der Waals surface area contributed by atoms with Gasteiger partial charge in [0.1, 0.15) is 12.4 Å². The number of hydrogen-bond acceptors (Lipinski definition) is 6. The summed E-state index contributed by atoms with van der Waals surface area (Å²) >= 11 is 0. The second kappa shape index (κ2) is 10.1. The van der Waals surface area contributed by atoms with E-state index in [1.54, 1.807) is 36.6 Å². The van der Waals surface area contributed by atoms with E-state index in [1.165, 1.54) is 24.0 Å². The molecule has 35 heavy (non-hydrogen) atoms. The summed E-state index contributed by atoms with van der Waals surface area (Å²) in [6, 6.07) is 20.3. The van der Waals surface area contributed by atoms with Gasteiger partial charge in [-0.25, -0.2) is 8.42 Å². The lowest BCUT2D eigenvalue weighted by Crippen LogP contribution is -2.41. The molecule has 1 N–H and O–H groups in total. The Morgan fingerprint density at radius 1 is 1.03 bits per heavy atom. The molecule has 7 nitrogen and oxygen atoms in total. The number of methoxy groups -OCH3 is 1. The molecule has 0 bridgehead atoms. The van der Waals surface area contributed by atoms with E-state index in [2.05, 4.69) is 51.1 Å². The summed E-state index contributed by atoms with van der Waals surface area (Å²) < 4.78 is 30.9. The number of nitrogens with one attached hydrogen (secondary N) is 1. The molecular formula is C27H30N4O3S. The van der Waals surface area contributed by atoms with Crippen molar-refractivity contribution >= 4 is 15.7 Å². The third-order valence-corrected chi connectivity index (χ3v) is 7.59. The van der Waals surface area contributed by atoms with Crippen molar-refractivity contribution in [1.29, 1.82) is 0 Å². The Hall–Kier alpha value is -3.36. The van der Waals surface area contributed by atoms with Crippen LogP contribution in [0, 0.1) is 0 Å². The molecule has 1 aliphatic heterocycles. The van der Waals surface area contributed by atoms with Crippen LogP contribution in [0.5, 0.6) is 5.75 Å². The van der Waals surface area contributed by atoms with Crippen LogP contribution in [0.1, 0.15) is 41.0 Å². The fraction of sp³-hybridized carbons (Fsp3) is 0.296. The Morgan fingerprint density at radius 2 is 1.80 bits per heavy atom. The zero-order chi connectivity index (χ0) is 24.3. The van der Waals surface area contributed by atoms with Gasteiger partial charge in [-0.2, -0.15) is 0 Å². The van der Waals surface area contributed by atoms with E-state index in [1.807, 2.05) is 18.3 Å². The molecule has 2 aliphatic rings. The first kappa shape index (κ1) is 23.4. The maximum absolute atomic E-state index is 12.8. The monoisotopic (exact) mass is 490 g/mol. The van der Waals surface area contributed by atoms with Crippen molar-refractivity contribution in [3.63, 3.8) is 0 Å². The molecule has 0 unspecified atom stereocenters. The zero-order valence-corrected chi connectivity index (χ0v) is 20.6. The number of sulfonamides is 1. The maximum atomic E-state index is 12.8. The van der Waals surface area contributed by atoms with Gasteiger partial charge >= 0.3 is 0 Å². The average molecular weight is 491 g/mol. The predicted molar refractivity (Wildman–Crippen MR) is 137 cm³/mol. The number of hydrazine groups is 1. The molecule has 2 heterocycles. The smallest absolute Gasteiger partial charge is 0.232 e. The summed E-state index contributed by atoms with van der Waals surface area (Å²) in [7, 11) is -1.92. The molecule has 2 aromatic carbocycles. The van der Waals surface area contributed by atoms with E-state index < -0.39 is 10.0 Å². The van der Waals surface area contributed by atoms with E-state index in [0.717, 1.165) is 30.0 Å². The second-order valence-electron chi connectivity index (χ2n) is 9.09. The molecule has 5 rings (SSSR count). The highest BCUT2D eigenvalue weighted by Crippen LogP contribution is 2.40. The largest absolute Gasteiger partial charge is 0.497 e. The third kappa shape index (κ3) is 6.01. The van der Waals surface area contributed by atoms with Crippen LogP contribution in [0.2, 0.25) is 0 Å². The van der Waals surface area contributed by atoms with Crippen molar-refractivity contribution in [3.05, 3.63) is 102 Å². The maximum Gasteiger partial charge on any atom is 0.232 e. The number of aromatic nitrogens is 1. The molecule has 182 valence electrons. The van der Waals surface area contributed by atoms with Crippen LogP contribution in [0.15, 0.2) is 79.3 Å². The topological polar surface area (TPSA) is 74.8 Å². The number of hydrogen-bond donors (Lipinski definition) is 1. The molecule has 1 aromatic heterocycles. The fourth-order valence-corrected chi connectivity index (χ4v) is 5.49. The van der Waals surface area contributed by atoms with Gasteiger partial charge < -0.3 is 9.64 Å². The molecule has 0 atom stereocenters. The first-order chi connectivity index (χ1) is 17.0. The van der Waals surface area contributed by atoms with E-state index >= 15 is 0 Å². The summed E-state index contributed by atoms with van der Waals surface area (Å²) in [5.41, 5.74) is 5.31. The number of benzene rings is 2. The van der Waals surface area contributed by atoms with Crippen LogP contribution in [0.3, 0.4) is 0 Å². The van der Waals surface area contributed by atoms with Crippen LogP contribution in [0.4, 0.5) is 0 Å². The molecule has 0 saturated heterocycles. The molecule has 0 amide bonds. The highest BCUT2D eigenvalue weighted by Gasteiger charge is 2.27. The van der Waals surface area contributed by atoms with Crippen molar-refractivity contribution < 1.29 is 13.2 Å². The summed E-state index contributed by atoms with van der Waals surface area (Å²) in [4.78, 5) is 8.96. The fourth-order valence-electron chi connectivity index (χ4n) is 4.35. The first-order valence-corrected chi connectivity index (χ1v) is 13.5. The Kier molecular flexibility index (Phi) is 6.74. The van der Waals surface area contributed by atoms with Gasteiger partial charge in [0, 0.05) is 25.1 Å². The molecule has 0 spiro atoms. The van der Waals surface area contributed by atoms with Gasteiger partial charge in [0.25, 0.3) is 0 Å². The SMILES string of the molecule is COc1ccc(CCN2CN(NS(=O)(=O)Cc3cccnc3)C=C2c2ccc(C3CC3)cc2)cc1. The lowest BCUT2D eigenvalue weighted by molar-refractivity contribution is 0.250. The van der Waals surface area contributed by atoms with Crippen molar-refractivity contribution in [3.8, 4) is 5.75 Å². The van der Waals surface area contributed by atoms with Gasteiger partial charge in [0.15, 0.2) is 0 Å². The van der Waals surface area contributed by atoms with Crippen LogP contribution in [-0.4, -0.2) is 43.6 Å². The minimum absolute atomic E-state index is 0.123. The molecule has 8 heteroatoms. The first-order valence-electron chi connectivity index (χ1n) is 11.8. The van der Waals surface area contributed by atoms with Gasteiger partial charge in [0.05, 0.1) is 18.6 Å². The van der Waals surface area contributed by atoms with Gasteiger partial charge in [-0.05, 0) is 65.6 Å². The zero-order valence-electron chi connectivity index (χ0n) is 19.8. The molecule has 1 fully saturated rings. The lowest BCUT2D eigenvalue weighted by Gasteiger charge is -2.24. The van der Waals surface area contributed by atoms with Crippen LogP contribution >= 0.6 is 0 Å². The second-order valence-corrected chi connectivity index (χ2v) is 10.8. The van der Waals surface area contributed by atoms with Crippen LogP contribution in [-0.2, 0) is 22.2 Å². The summed E-state index contributed by atoms with van der Waals surface area (Å²) in [6.45, 7) is 1.19.